The van der Waals surface area contributed by atoms with Crippen molar-refractivity contribution in [2.75, 3.05) is 69.3 Å². The van der Waals surface area contributed by atoms with Gasteiger partial charge in [-0.2, -0.15) is 10.2 Å². The van der Waals surface area contributed by atoms with Crippen LogP contribution in [-0.2, 0) is 9.53 Å². The zero-order valence-electron chi connectivity index (χ0n) is 23.5. The van der Waals surface area contributed by atoms with Gasteiger partial charge in [0.15, 0.2) is 5.82 Å². The number of rotatable bonds is 8. The Morgan fingerprint density at radius 1 is 1.12 bits per heavy atom. The van der Waals surface area contributed by atoms with Gasteiger partial charge in [0.05, 0.1) is 31.4 Å². The minimum Gasteiger partial charge on any atom is -0.487 e. The number of amides is 1. The lowest BCUT2D eigenvalue weighted by atomic mass is 10.1. The number of aliphatic hydroxyl groups excluding tert-OH is 1. The first-order valence-corrected chi connectivity index (χ1v) is 14.2. The van der Waals surface area contributed by atoms with Crippen LogP contribution in [0.2, 0.25) is 0 Å². The number of hydrogen-bond donors (Lipinski definition) is 2. The molecular formula is C30H34N8O4. The van der Waals surface area contributed by atoms with Crippen LogP contribution in [0, 0.1) is 17.2 Å². The first-order chi connectivity index (χ1) is 20.5. The van der Waals surface area contributed by atoms with Gasteiger partial charge >= 0.3 is 0 Å². The van der Waals surface area contributed by atoms with Gasteiger partial charge in [0.25, 0.3) is 0 Å². The lowest BCUT2D eigenvalue weighted by molar-refractivity contribution is -0.133. The summed E-state index contributed by atoms with van der Waals surface area (Å²) in [5.41, 5.74) is 3.05. The zero-order chi connectivity index (χ0) is 29.1. The lowest BCUT2D eigenvalue weighted by Crippen LogP contribution is -2.56. The zero-order valence-corrected chi connectivity index (χ0v) is 23.5. The van der Waals surface area contributed by atoms with Gasteiger partial charge in [-0.15, -0.1) is 0 Å². The Labute approximate surface area is 244 Å². The van der Waals surface area contributed by atoms with Gasteiger partial charge in [0.1, 0.15) is 30.9 Å². The Morgan fingerprint density at radius 3 is 2.60 bits per heavy atom. The minimum atomic E-state index is -0.527. The van der Waals surface area contributed by atoms with Gasteiger partial charge in [-0.25, -0.2) is 9.97 Å². The average molecular weight is 571 g/mol. The lowest BCUT2D eigenvalue weighted by Gasteiger charge is -2.43. The van der Waals surface area contributed by atoms with E-state index in [-0.39, 0.29) is 17.9 Å². The second-order valence-electron chi connectivity index (χ2n) is 10.9. The second kappa shape index (κ2) is 12.3. The number of nitriles is 1. The van der Waals surface area contributed by atoms with E-state index in [1.54, 1.807) is 23.1 Å². The van der Waals surface area contributed by atoms with E-state index in [0.29, 0.717) is 47.8 Å². The van der Waals surface area contributed by atoms with Crippen LogP contribution in [0.5, 0.6) is 5.75 Å². The highest BCUT2D eigenvalue weighted by atomic mass is 16.5. The predicted octanol–water partition coefficient (Wildman–Crippen LogP) is 1.89. The molecule has 3 saturated heterocycles. The third-order valence-electron chi connectivity index (χ3n) is 8.18. The fourth-order valence-corrected chi connectivity index (χ4v) is 5.58. The van der Waals surface area contributed by atoms with Crippen LogP contribution in [0.1, 0.15) is 12.5 Å². The van der Waals surface area contributed by atoms with Gasteiger partial charge < -0.3 is 29.7 Å². The molecule has 2 N–H and O–H groups in total. The van der Waals surface area contributed by atoms with E-state index in [9.17, 15) is 10.1 Å². The maximum atomic E-state index is 11.9. The molecule has 1 amide bonds. The van der Waals surface area contributed by atoms with Crippen LogP contribution in [0.4, 0.5) is 17.3 Å². The summed E-state index contributed by atoms with van der Waals surface area (Å²) < 4.78 is 11.5. The quantitative estimate of drug-likeness (QED) is 0.410. The monoisotopic (exact) mass is 570 g/mol. The second-order valence-corrected chi connectivity index (χ2v) is 10.9. The van der Waals surface area contributed by atoms with E-state index in [1.807, 2.05) is 19.1 Å². The first kappa shape index (κ1) is 27.8. The van der Waals surface area contributed by atoms with Gasteiger partial charge in [-0.3, -0.25) is 9.69 Å². The summed E-state index contributed by atoms with van der Waals surface area (Å²) in [5.74, 6) is 0.998. The third kappa shape index (κ3) is 5.99. The number of nitrogens with one attached hydrogen (secondary N) is 1. The molecule has 1 aromatic heterocycles. The molecule has 218 valence electrons. The van der Waals surface area contributed by atoms with E-state index in [1.165, 1.54) is 12.0 Å². The number of aromatic nitrogens is 3. The summed E-state index contributed by atoms with van der Waals surface area (Å²) in [6.45, 7) is 8.12. The summed E-state index contributed by atoms with van der Waals surface area (Å²) in [7, 11) is 0. The molecule has 6 rings (SSSR count). The molecule has 12 nitrogen and oxygen atoms in total. The highest BCUT2D eigenvalue weighted by molar-refractivity contribution is 5.77. The molecular weight excluding hydrogens is 536 g/mol. The molecule has 1 unspecified atom stereocenters. The molecule has 0 saturated carbocycles. The van der Waals surface area contributed by atoms with Crippen LogP contribution in [-0.4, -0.2) is 107 Å². The highest BCUT2D eigenvalue weighted by Gasteiger charge is 2.34. The number of piperazine rings is 1. The number of ether oxygens (including phenoxy) is 2. The molecule has 3 aliphatic heterocycles. The molecule has 0 aliphatic carbocycles. The molecule has 4 heterocycles. The smallest absolute Gasteiger partial charge is 0.248 e. The van der Waals surface area contributed by atoms with Crippen molar-refractivity contribution in [1.82, 2.24) is 24.8 Å². The number of hydrogen-bond acceptors (Lipinski definition) is 11. The topological polar surface area (TPSA) is 140 Å². The van der Waals surface area contributed by atoms with Crippen LogP contribution in [0.15, 0.2) is 48.8 Å². The summed E-state index contributed by atoms with van der Waals surface area (Å²) in [4.78, 5) is 31.5. The van der Waals surface area contributed by atoms with Gasteiger partial charge in [0, 0.05) is 55.6 Å². The van der Waals surface area contributed by atoms with E-state index in [4.69, 9.17) is 14.6 Å². The van der Waals surface area contributed by atoms with E-state index >= 15 is 0 Å². The number of nitrogens with zero attached hydrogens (tertiary/aromatic N) is 7. The number of likely N-dealkylation sites (tertiary alicyclic amines) is 1. The summed E-state index contributed by atoms with van der Waals surface area (Å²) in [6.07, 6.45) is 1.17. The summed E-state index contributed by atoms with van der Waals surface area (Å²) in [6, 6.07) is 16.3. The number of anilines is 3. The Kier molecular flexibility index (Phi) is 8.14. The Balaban J connectivity index is 1.09. The summed E-state index contributed by atoms with van der Waals surface area (Å²) >= 11 is 0. The number of carbonyl (C=O) groups is 1. The van der Waals surface area contributed by atoms with Crippen molar-refractivity contribution in [1.29, 1.82) is 5.26 Å². The van der Waals surface area contributed by atoms with Gasteiger partial charge in [0.2, 0.25) is 11.9 Å². The van der Waals surface area contributed by atoms with Crippen LogP contribution in [0.3, 0.4) is 0 Å². The standard InChI is InChI=1S/C30H34N8O4/c1-20-14-38(28(40)16-39)15-27(20)42-26-7-2-21(12-22(26)13-31)29-32-19-33-30(35-29)34-23-3-5-24(6-4-23)36-8-10-37(11-9-36)25-17-41-18-25/h2-7,12,19-20,25,27,39H,8-11,14-18H2,1H3,(H,32,33,34,35)/t20-,27?/m0/s1. The normalized spacial score (nSPS) is 21.1. The molecule has 42 heavy (non-hydrogen) atoms. The van der Waals surface area contributed by atoms with Crippen molar-refractivity contribution < 1.29 is 19.4 Å². The fourth-order valence-electron chi connectivity index (χ4n) is 5.58. The molecule has 2 aromatic carbocycles. The van der Waals surface area contributed by atoms with Crippen molar-refractivity contribution >= 4 is 23.2 Å². The Hall–Kier alpha value is -4.31. The molecule has 12 heteroatoms. The van der Waals surface area contributed by atoms with Gasteiger partial charge in [-0.05, 0) is 42.5 Å². The van der Waals surface area contributed by atoms with E-state index in [2.05, 4.69) is 48.3 Å². The number of aliphatic hydroxyl groups is 1. The number of carbonyl (C=O) groups excluding carboxylic acids is 1. The summed E-state index contributed by atoms with van der Waals surface area (Å²) in [5, 5.41) is 22.2. The predicted molar refractivity (Wildman–Crippen MR) is 155 cm³/mol. The van der Waals surface area contributed by atoms with Crippen LogP contribution in [0.25, 0.3) is 11.4 Å². The highest BCUT2D eigenvalue weighted by Crippen LogP contribution is 2.29. The largest absolute Gasteiger partial charge is 0.487 e. The molecule has 0 spiro atoms. The van der Waals surface area contributed by atoms with Crippen LogP contribution < -0.4 is 15.0 Å². The maximum absolute atomic E-state index is 11.9. The first-order valence-electron chi connectivity index (χ1n) is 14.2. The number of benzene rings is 2. The van der Waals surface area contributed by atoms with Crippen molar-refractivity contribution in [2.24, 2.45) is 5.92 Å². The van der Waals surface area contributed by atoms with Crippen molar-refractivity contribution in [3.05, 3.63) is 54.4 Å². The van der Waals surface area contributed by atoms with Crippen molar-refractivity contribution in [3.8, 4) is 23.2 Å². The minimum absolute atomic E-state index is 0.0654. The maximum Gasteiger partial charge on any atom is 0.248 e. The molecule has 2 atom stereocenters. The van der Waals surface area contributed by atoms with E-state index in [0.717, 1.165) is 45.1 Å². The van der Waals surface area contributed by atoms with Gasteiger partial charge in [-0.1, -0.05) is 6.92 Å². The fraction of sp³-hybridized carbons (Fsp3) is 0.433. The molecule has 3 aromatic rings. The van der Waals surface area contributed by atoms with Crippen LogP contribution >= 0.6 is 0 Å². The Morgan fingerprint density at radius 2 is 1.90 bits per heavy atom. The Bertz CT molecular complexity index is 1450. The molecule has 3 fully saturated rings. The average Bonchev–Trinajstić information content (AvgIpc) is 3.36. The molecule has 3 aliphatic rings. The van der Waals surface area contributed by atoms with E-state index < -0.39 is 6.61 Å². The third-order valence-corrected chi connectivity index (χ3v) is 8.18. The molecule has 0 bridgehead atoms. The SMILES string of the molecule is C[C@H]1CN(C(=O)CO)CC1Oc1ccc(-c2ncnc(Nc3ccc(N4CCN(C5COC5)CC4)cc3)n2)cc1C#N. The van der Waals surface area contributed by atoms with Crippen molar-refractivity contribution in [3.63, 3.8) is 0 Å². The molecule has 0 radical (unpaired) electrons. The van der Waals surface area contributed by atoms with Crippen molar-refractivity contribution in [2.45, 2.75) is 19.1 Å².